The maximum absolute atomic E-state index is 13.0. The summed E-state index contributed by atoms with van der Waals surface area (Å²) in [6.07, 6.45) is 1.10. The van der Waals surface area contributed by atoms with Crippen LogP contribution in [-0.4, -0.2) is 37.8 Å². The molecule has 2 aromatic rings. The van der Waals surface area contributed by atoms with Crippen molar-refractivity contribution in [2.45, 2.75) is 6.92 Å². The lowest BCUT2D eigenvalue weighted by Gasteiger charge is -2.15. The summed E-state index contributed by atoms with van der Waals surface area (Å²) in [5, 5.41) is 11.6. The van der Waals surface area contributed by atoms with E-state index >= 15 is 0 Å². The van der Waals surface area contributed by atoms with Gasteiger partial charge in [-0.1, -0.05) is 30.3 Å². The van der Waals surface area contributed by atoms with E-state index in [0.717, 1.165) is 34.0 Å². The van der Waals surface area contributed by atoms with Gasteiger partial charge in [0.2, 0.25) is 0 Å². The molecule has 0 radical (unpaired) electrons. The number of hydrogen-bond acceptors (Lipinski definition) is 6. The molecule has 2 aliphatic carbocycles. The van der Waals surface area contributed by atoms with Crippen LogP contribution in [0.25, 0.3) is 33.2 Å². The van der Waals surface area contributed by atoms with E-state index in [-0.39, 0.29) is 5.57 Å². The second-order valence-corrected chi connectivity index (χ2v) is 7.52. The van der Waals surface area contributed by atoms with E-state index in [1.54, 1.807) is 19.2 Å². The molecule has 34 heavy (non-hydrogen) atoms. The first-order chi connectivity index (χ1) is 16.5. The van der Waals surface area contributed by atoms with Gasteiger partial charge in [-0.15, -0.1) is 0 Å². The van der Waals surface area contributed by atoms with Gasteiger partial charge in [0, 0.05) is 33.8 Å². The quantitative estimate of drug-likeness (QED) is 0.322. The second kappa shape index (κ2) is 9.12. The molecule has 1 heterocycles. The number of fused-ring (bicyclic) bond motifs is 3. The lowest BCUT2D eigenvalue weighted by molar-refractivity contribution is -0.136. The van der Waals surface area contributed by atoms with Crippen LogP contribution in [0.1, 0.15) is 17.0 Å². The van der Waals surface area contributed by atoms with Gasteiger partial charge in [-0.3, -0.25) is 0 Å². The van der Waals surface area contributed by atoms with Crippen molar-refractivity contribution in [1.29, 1.82) is 5.26 Å². The monoisotopic (exact) mass is 454 g/mol. The first kappa shape index (κ1) is 22.6. The largest absolute Gasteiger partial charge is 0.497 e. The Hall–Kier alpha value is -4.57. The minimum Gasteiger partial charge on any atom is -0.497 e. The van der Waals surface area contributed by atoms with Crippen LogP contribution in [-0.2, 0) is 19.1 Å². The Labute approximate surface area is 196 Å². The third kappa shape index (κ3) is 3.55. The number of aryl methyl sites for hydroxylation is 1. The first-order valence-corrected chi connectivity index (χ1v) is 10.4. The van der Waals surface area contributed by atoms with Crippen LogP contribution >= 0.6 is 0 Å². The molecular weight excluding hydrogens is 432 g/mol. The number of nitriles is 1. The van der Waals surface area contributed by atoms with E-state index < -0.39 is 11.9 Å². The summed E-state index contributed by atoms with van der Waals surface area (Å²) in [5.41, 5.74) is 3.92. The van der Waals surface area contributed by atoms with Crippen LogP contribution in [0, 0.1) is 18.3 Å². The summed E-state index contributed by atoms with van der Waals surface area (Å²) in [6.45, 7) is 1.91. The van der Waals surface area contributed by atoms with Gasteiger partial charge >= 0.3 is 11.9 Å². The molecule has 1 aromatic heterocycles. The van der Waals surface area contributed by atoms with Gasteiger partial charge in [0.1, 0.15) is 11.8 Å². The number of hydrogen-bond donors (Lipinski definition) is 0. The number of aromatic nitrogens is 1. The molecule has 170 valence electrons. The van der Waals surface area contributed by atoms with Gasteiger partial charge in [0.15, 0.2) is 0 Å². The smallest absolute Gasteiger partial charge is 0.340 e. The lowest BCUT2D eigenvalue weighted by atomic mass is 10.1. The van der Waals surface area contributed by atoms with Crippen molar-refractivity contribution in [2.75, 3.05) is 21.3 Å². The minimum atomic E-state index is -0.723. The molecule has 0 aliphatic heterocycles. The SMILES string of the molecule is COC(=O)C=C(C(=O)OC)c1c2c(C#N)c3cccccc-3c2c(C)n1-c1ccc(OC)cc1. The molecule has 0 bridgehead atoms. The Morgan fingerprint density at radius 1 is 0.912 bits per heavy atom. The predicted molar refractivity (Wildman–Crippen MR) is 128 cm³/mol. The van der Waals surface area contributed by atoms with Crippen LogP contribution in [0.4, 0.5) is 0 Å². The third-order valence-corrected chi connectivity index (χ3v) is 5.80. The number of ether oxygens (including phenoxy) is 3. The maximum Gasteiger partial charge on any atom is 0.340 e. The summed E-state index contributed by atoms with van der Waals surface area (Å²) < 4.78 is 17.0. The Morgan fingerprint density at radius 2 is 1.59 bits per heavy atom. The number of carbonyl (C=O) groups is 2. The number of carbonyl (C=O) groups excluding carboxylic acids is 2. The zero-order valence-corrected chi connectivity index (χ0v) is 19.2. The van der Waals surface area contributed by atoms with Crippen molar-refractivity contribution in [3.05, 3.63) is 77.6 Å². The fraction of sp³-hybridized carbons (Fsp3) is 0.148. The van der Waals surface area contributed by atoms with Gasteiger partial charge in [-0.25, -0.2) is 9.59 Å². The van der Waals surface area contributed by atoms with Crippen molar-refractivity contribution < 1.29 is 23.8 Å². The summed E-state index contributed by atoms with van der Waals surface area (Å²) in [7, 11) is 4.05. The van der Waals surface area contributed by atoms with E-state index in [2.05, 4.69) is 6.07 Å². The lowest BCUT2D eigenvalue weighted by Crippen LogP contribution is -2.12. The first-order valence-electron chi connectivity index (χ1n) is 10.4. The van der Waals surface area contributed by atoms with Gasteiger partial charge in [0.05, 0.1) is 38.2 Å². The Morgan fingerprint density at radius 3 is 2.18 bits per heavy atom. The van der Waals surface area contributed by atoms with Crippen molar-refractivity contribution >= 4 is 28.3 Å². The van der Waals surface area contributed by atoms with Crippen LogP contribution in [0.5, 0.6) is 5.75 Å². The molecule has 0 fully saturated rings. The fourth-order valence-electron chi connectivity index (χ4n) is 4.32. The number of esters is 2. The zero-order chi connectivity index (χ0) is 24.4. The topological polar surface area (TPSA) is 90.6 Å². The van der Waals surface area contributed by atoms with E-state index in [0.29, 0.717) is 22.4 Å². The van der Waals surface area contributed by atoms with Crippen LogP contribution in [0.2, 0.25) is 0 Å². The highest BCUT2D eigenvalue weighted by Crippen LogP contribution is 2.46. The summed E-state index contributed by atoms with van der Waals surface area (Å²) >= 11 is 0. The molecule has 7 nitrogen and oxygen atoms in total. The van der Waals surface area contributed by atoms with Gasteiger partial charge in [0.25, 0.3) is 0 Å². The van der Waals surface area contributed by atoms with Crippen LogP contribution in [0.15, 0.2) is 60.7 Å². The Bertz CT molecular complexity index is 1460. The summed E-state index contributed by atoms with van der Waals surface area (Å²) in [4.78, 5) is 25.2. The summed E-state index contributed by atoms with van der Waals surface area (Å²) in [5.74, 6) is -0.767. The normalized spacial score (nSPS) is 11.3. The average Bonchev–Trinajstić information content (AvgIpc) is 3.20. The Balaban J connectivity index is 2.24. The van der Waals surface area contributed by atoms with Gasteiger partial charge in [-0.05, 0) is 36.8 Å². The van der Waals surface area contributed by atoms with Crippen molar-refractivity contribution in [3.8, 4) is 28.6 Å². The van der Waals surface area contributed by atoms with E-state index in [4.69, 9.17) is 14.2 Å². The molecule has 0 saturated carbocycles. The fourth-order valence-corrected chi connectivity index (χ4v) is 4.32. The summed E-state index contributed by atoms with van der Waals surface area (Å²) in [6, 6.07) is 19.1. The van der Waals surface area contributed by atoms with E-state index in [1.165, 1.54) is 14.2 Å². The molecule has 7 heteroatoms. The third-order valence-electron chi connectivity index (χ3n) is 5.80. The highest BCUT2D eigenvalue weighted by Gasteiger charge is 2.31. The molecule has 0 atom stereocenters. The highest BCUT2D eigenvalue weighted by molar-refractivity contribution is 6.26. The molecular formula is C27H22N2O5. The van der Waals surface area contributed by atoms with Gasteiger partial charge < -0.3 is 18.8 Å². The number of methoxy groups -OCH3 is 3. The number of nitrogens with zero attached hydrogens (tertiary/aromatic N) is 2. The van der Waals surface area contributed by atoms with Crippen molar-refractivity contribution in [3.63, 3.8) is 0 Å². The van der Waals surface area contributed by atoms with Crippen molar-refractivity contribution in [2.24, 2.45) is 0 Å². The highest BCUT2D eigenvalue weighted by atomic mass is 16.5. The molecule has 1 aromatic carbocycles. The maximum atomic E-state index is 13.0. The molecule has 0 amide bonds. The molecule has 0 unspecified atom stereocenters. The van der Waals surface area contributed by atoms with Gasteiger partial charge in [-0.2, -0.15) is 5.26 Å². The molecule has 0 N–H and O–H groups in total. The van der Waals surface area contributed by atoms with E-state index in [1.807, 2.05) is 54.0 Å². The minimum absolute atomic E-state index is 0.0144. The van der Waals surface area contributed by atoms with E-state index in [9.17, 15) is 14.9 Å². The molecule has 2 aliphatic rings. The molecule has 0 saturated heterocycles. The second-order valence-electron chi connectivity index (χ2n) is 7.52. The number of benzene rings is 1. The molecule has 4 rings (SSSR count). The average molecular weight is 454 g/mol. The van der Waals surface area contributed by atoms with Crippen molar-refractivity contribution in [1.82, 2.24) is 4.57 Å². The Kier molecular flexibility index (Phi) is 6.07. The number of rotatable bonds is 5. The zero-order valence-electron chi connectivity index (χ0n) is 19.2. The van der Waals surface area contributed by atoms with Crippen LogP contribution < -0.4 is 4.74 Å². The standard InChI is InChI=1S/C27H22N2O5/c1-16-24-20-9-7-5-6-8-19(20)22(15-28)25(24)26(21(27(31)34-4)14-23(30)33-3)29(16)17-10-12-18(32-2)13-11-17/h5-14H,1-4H3. The van der Waals surface area contributed by atoms with Crippen LogP contribution in [0.3, 0.4) is 0 Å². The predicted octanol–water partition coefficient (Wildman–Crippen LogP) is 4.65. The molecule has 0 spiro atoms.